The first kappa shape index (κ1) is 23.1. The molecule has 2 aromatic carbocycles. The number of nitrogens with one attached hydrogen (secondary N) is 2. The van der Waals surface area contributed by atoms with Gasteiger partial charge in [-0.3, -0.25) is 14.5 Å². The van der Waals surface area contributed by atoms with Crippen molar-refractivity contribution in [2.24, 2.45) is 4.99 Å². The van der Waals surface area contributed by atoms with Crippen molar-refractivity contribution in [3.8, 4) is 6.07 Å². The highest BCUT2D eigenvalue weighted by Gasteiger charge is 2.25. The molecule has 0 aliphatic rings. The molecule has 0 aliphatic carbocycles. The molecule has 0 aromatic heterocycles. The van der Waals surface area contributed by atoms with Gasteiger partial charge in [-0.1, -0.05) is 48.5 Å². The molecule has 0 fully saturated rings. The number of carbonyl (C=O) groups is 1. The Hall–Kier alpha value is -3.23. The minimum Gasteiger partial charge on any atom is -0.341 e. The molecule has 2 N–H and O–H groups in total. The number of sulfonamides is 1. The largest absolute Gasteiger partial charge is 0.341 e. The van der Waals surface area contributed by atoms with Crippen molar-refractivity contribution in [3.05, 3.63) is 66.2 Å². The molecule has 0 saturated heterocycles. The van der Waals surface area contributed by atoms with Gasteiger partial charge < -0.3 is 5.32 Å². The lowest BCUT2D eigenvalue weighted by atomic mass is 10.2. The third-order valence-corrected chi connectivity index (χ3v) is 6.71. The lowest BCUT2D eigenvalue weighted by molar-refractivity contribution is -0.121. The lowest BCUT2D eigenvalue weighted by Crippen LogP contribution is -2.39. The monoisotopic (exact) mass is 448 g/mol. The first-order valence-electron chi connectivity index (χ1n) is 8.71. The zero-order valence-electron chi connectivity index (χ0n) is 15.8. The van der Waals surface area contributed by atoms with Gasteiger partial charge in [0.05, 0.1) is 28.8 Å². The summed E-state index contributed by atoms with van der Waals surface area (Å²) in [6, 6.07) is 16.2. The van der Waals surface area contributed by atoms with Gasteiger partial charge in [0.25, 0.3) is 10.0 Å². The van der Waals surface area contributed by atoms with Crippen molar-refractivity contribution in [3.63, 3.8) is 0 Å². The van der Waals surface area contributed by atoms with E-state index in [2.05, 4.69) is 15.0 Å². The number of nitrogens with zero attached hydrogens (tertiary/aromatic N) is 2. The summed E-state index contributed by atoms with van der Waals surface area (Å²) in [6.07, 6.45) is 0.775. The van der Waals surface area contributed by atoms with Crippen LogP contribution >= 0.6 is 0 Å². The lowest BCUT2D eigenvalue weighted by Gasteiger charge is -2.12. The molecule has 30 heavy (non-hydrogen) atoms. The Morgan fingerprint density at radius 3 is 2.23 bits per heavy atom. The van der Waals surface area contributed by atoms with Gasteiger partial charge in [0.15, 0.2) is 9.84 Å². The minimum absolute atomic E-state index is 0.0152. The van der Waals surface area contributed by atoms with Crippen LogP contribution in [0.2, 0.25) is 0 Å². The Labute approximate surface area is 175 Å². The van der Waals surface area contributed by atoms with Crippen LogP contribution in [0.25, 0.3) is 0 Å². The topological polar surface area (TPSA) is 146 Å². The molecule has 11 heteroatoms. The second-order valence-corrected chi connectivity index (χ2v) is 9.97. The molecule has 0 radical (unpaired) electrons. The van der Waals surface area contributed by atoms with Crippen molar-refractivity contribution < 1.29 is 21.6 Å². The number of sulfone groups is 1. The van der Waals surface area contributed by atoms with Crippen LogP contribution in [0, 0.1) is 11.3 Å². The van der Waals surface area contributed by atoms with E-state index in [-0.39, 0.29) is 17.2 Å². The molecule has 158 valence electrons. The molecule has 0 spiro atoms. The standard InChI is InChI=1S/C19H20N4O5S2/c20-11-12-21-19(24)18(14-29(25,26)13-16-7-3-1-4-8-16)22-15-23-30(27,28)17-9-5-2-6-10-17/h1-10,15,18H,12-14H2,(H,21,24)(H,22,23)/t18-/m0/s1. The summed E-state index contributed by atoms with van der Waals surface area (Å²) in [5, 5.41) is 10.9. The van der Waals surface area contributed by atoms with E-state index in [9.17, 15) is 21.6 Å². The quantitative estimate of drug-likeness (QED) is 0.309. The second-order valence-electron chi connectivity index (χ2n) is 6.14. The maximum atomic E-state index is 12.5. The number of carbonyl (C=O) groups excluding carboxylic acids is 1. The fraction of sp³-hybridized carbons (Fsp3) is 0.211. The van der Waals surface area contributed by atoms with Gasteiger partial charge in [0.2, 0.25) is 5.91 Å². The highest BCUT2D eigenvalue weighted by atomic mass is 32.2. The molecule has 9 nitrogen and oxygen atoms in total. The van der Waals surface area contributed by atoms with Crippen LogP contribution in [0.5, 0.6) is 0 Å². The van der Waals surface area contributed by atoms with Gasteiger partial charge in [-0.25, -0.2) is 16.8 Å². The first-order valence-corrected chi connectivity index (χ1v) is 12.0. The summed E-state index contributed by atoms with van der Waals surface area (Å²) in [5.41, 5.74) is 0.544. The fourth-order valence-electron chi connectivity index (χ4n) is 2.42. The van der Waals surface area contributed by atoms with E-state index in [1.54, 1.807) is 54.6 Å². The number of hydrogen-bond donors (Lipinski definition) is 2. The number of amides is 1. The number of nitriles is 1. The maximum absolute atomic E-state index is 12.5. The van der Waals surface area contributed by atoms with Crippen molar-refractivity contribution in [2.75, 3.05) is 12.3 Å². The van der Waals surface area contributed by atoms with E-state index in [0.717, 1.165) is 6.34 Å². The van der Waals surface area contributed by atoms with E-state index >= 15 is 0 Å². The van der Waals surface area contributed by atoms with Crippen LogP contribution in [0.3, 0.4) is 0 Å². The molecule has 0 unspecified atom stereocenters. The van der Waals surface area contributed by atoms with Crippen LogP contribution in [0.1, 0.15) is 5.56 Å². The molecule has 1 atom stereocenters. The number of benzene rings is 2. The van der Waals surface area contributed by atoms with Crippen molar-refractivity contribution >= 4 is 32.1 Å². The van der Waals surface area contributed by atoms with E-state index in [0.29, 0.717) is 5.56 Å². The second kappa shape index (κ2) is 10.5. The fourth-order valence-corrected chi connectivity index (χ4v) is 4.80. The maximum Gasteiger partial charge on any atom is 0.262 e. The van der Waals surface area contributed by atoms with Crippen molar-refractivity contribution in [1.82, 2.24) is 10.0 Å². The molecule has 2 rings (SSSR count). The number of aliphatic imine (C=N–C) groups is 1. The summed E-state index contributed by atoms with van der Waals surface area (Å²) < 4.78 is 51.6. The highest BCUT2D eigenvalue weighted by Crippen LogP contribution is 2.10. The summed E-state index contributed by atoms with van der Waals surface area (Å²) >= 11 is 0. The van der Waals surface area contributed by atoms with Gasteiger partial charge in [-0.05, 0) is 17.7 Å². The Morgan fingerprint density at radius 2 is 1.63 bits per heavy atom. The van der Waals surface area contributed by atoms with E-state index in [1.807, 2.05) is 0 Å². The zero-order valence-corrected chi connectivity index (χ0v) is 17.4. The van der Waals surface area contributed by atoms with E-state index in [1.165, 1.54) is 12.1 Å². The third kappa shape index (κ3) is 7.31. The predicted molar refractivity (Wildman–Crippen MR) is 112 cm³/mol. The Morgan fingerprint density at radius 1 is 1.03 bits per heavy atom. The van der Waals surface area contributed by atoms with Gasteiger partial charge in [0, 0.05) is 0 Å². The predicted octanol–water partition coefficient (Wildman–Crippen LogP) is 0.617. The van der Waals surface area contributed by atoms with Crippen molar-refractivity contribution in [1.29, 1.82) is 5.26 Å². The van der Waals surface area contributed by atoms with Gasteiger partial charge in [0.1, 0.15) is 12.6 Å². The molecule has 0 saturated carbocycles. The van der Waals surface area contributed by atoms with Gasteiger partial charge in [-0.2, -0.15) is 5.26 Å². The third-order valence-electron chi connectivity index (χ3n) is 3.80. The molecule has 1 amide bonds. The van der Waals surface area contributed by atoms with Crippen LogP contribution < -0.4 is 10.0 Å². The summed E-state index contributed by atoms with van der Waals surface area (Å²) in [4.78, 5) is 16.0. The summed E-state index contributed by atoms with van der Waals surface area (Å²) in [6.45, 7) is -0.334. The zero-order chi connectivity index (χ0) is 22.0. The van der Waals surface area contributed by atoms with E-state index < -0.39 is 37.6 Å². The van der Waals surface area contributed by atoms with Crippen LogP contribution in [-0.2, 0) is 30.4 Å². The molecule has 0 heterocycles. The van der Waals surface area contributed by atoms with Crippen LogP contribution in [0.15, 0.2) is 70.6 Å². The van der Waals surface area contributed by atoms with Crippen LogP contribution in [0.4, 0.5) is 0 Å². The SMILES string of the molecule is N#CCNC(=O)[C@H](CS(=O)(=O)Cc1ccccc1)N=CNS(=O)(=O)c1ccccc1. The molecular weight excluding hydrogens is 428 g/mol. The Balaban J connectivity index is 2.15. The first-order chi connectivity index (χ1) is 14.2. The normalized spacial score (nSPS) is 12.8. The molecule has 2 aromatic rings. The Kier molecular flexibility index (Phi) is 8.08. The summed E-state index contributed by atoms with van der Waals surface area (Å²) in [7, 11) is -7.68. The van der Waals surface area contributed by atoms with Crippen molar-refractivity contribution in [2.45, 2.75) is 16.7 Å². The number of hydrogen-bond acceptors (Lipinski definition) is 7. The molecule has 0 aliphatic heterocycles. The molecular formula is C19H20N4O5S2. The van der Waals surface area contributed by atoms with Gasteiger partial charge >= 0.3 is 0 Å². The Bertz CT molecular complexity index is 1130. The minimum atomic E-state index is -3.92. The van der Waals surface area contributed by atoms with Gasteiger partial charge in [-0.15, -0.1) is 0 Å². The smallest absolute Gasteiger partial charge is 0.262 e. The summed E-state index contributed by atoms with van der Waals surface area (Å²) in [5.74, 6) is -1.76. The highest BCUT2D eigenvalue weighted by molar-refractivity contribution is 7.90. The average molecular weight is 449 g/mol. The average Bonchev–Trinajstić information content (AvgIpc) is 2.72. The van der Waals surface area contributed by atoms with Crippen LogP contribution in [-0.4, -0.2) is 47.4 Å². The number of rotatable bonds is 10. The van der Waals surface area contributed by atoms with E-state index in [4.69, 9.17) is 5.26 Å². The molecule has 0 bridgehead atoms.